The molecule has 6 nitrogen and oxygen atoms in total. The van der Waals surface area contributed by atoms with Crippen molar-refractivity contribution in [1.29, 1.82) is 0 Å². The number of carbonyl (C=O) groups excluding carboxylic acids is 1. The number of hydrogen-bond acceptors (Lipinski definition) is 5. The summed E-state index contributed by atoms with van der Waals surface area (Å²) in [6.45, 7) is 0. The SMILES string of the molecule is NC(=O)c1ccc2cccocccccncncccnc1-2. The summed E-state index contributed by atoms with van der Waals surface area (Å²) in [6, 6.07) is 13.8. The molecule has 0 atom stereocenters. The Balaban J connectivity index is 2.54. The van der Waals surface area contributed by atoms with Crippen LogP contribution in [-0.2, 0) is 0 Å². The first-order valence-electron chi connectivity index (χ1n) is 7.09. The summed E-state index contributed by atoms with van der Waals surface area (Å²) in [5.74, 6) is -0.532. The van der Waals surface area contributed by atoms with E-state index in [0.717, 1.165) is 5.56 Å². The molecule has 120 valence electrons. The smallest absolute Gasteiger partial charge is 0.250 e. The number of nitrogens with zero attached hydrogens (tertiary/aromatic N) is 3. The number of fused-ring (bicyclic) bond motifs is 1. The standard InChI is InChI=1S/C18H16N4O2/c19-18(23)16-8-7-15-6-4-13-24-12-3-1-2-9-20-14-21-10-5-11-22-17(15)16/h1-14H,(H2,19,23). The molecule has 2 N–H and O–H groups in total. The average Bonchev–Trinajstić information content (AvgIpc) is 2.97. The van der Waals surface area contributed by atoms with E-state index in [4.69, 9.17) is 10.2 Å². The van der Waals surface area contributed by atoms with Crippen LogP contribution in [0.2, 0.25) is 0 Å². The highest BCUT2D eigenvalue weighted by molar-refractivity contribution is 6.00. The summed E-state index contributed by atoms with van der Waals surface area (Å²) in [7, 11) is 0. The number of rotatable bonds is 1. The highest BCUT2D eigenvalue weighted by Gasteiger charge is 2.12. The first-order valence-corrected chi connectivity index (χ1v) is 7.09. The van der Waals surface area contributed by atoms with Crippen LogP contribution in [0.15, 0.2) is 90.4 Å². The normalized spacial score (nSPS) is 9.17. The molecule has 24 heavy (non-hydrogen) atoms. The molecule has 2 rings (SSSR count). The van der Waals surface area contributed by atoms with Crippen molar-refractivity contribution in [2.45, 2.75) is 0 Å². The fraction of sp³-hybridized carbons (Fsp3) is 0. The number of aromatic nitrogens is 3. The van der Waals surface area contributed by atoms with E-state index in [1.54, 1.807) is 54.7 Å². The Hall–Kier alpha value is -3.54. The third-order valence-corrected chi connectivity index (χ3v) is 2.80. The van der Waals surface area contributed by atoms with Gasteiger partial charge in [-0.25, -0.2) is 9.97 Å². The van der Waals surface area contributed by atoms with E-state index in [9.17, 15) is 4.79 Å². The Kier molecular flexibility index (Phi) is 6.64. The second-order valence-electron chi connectivity index (χ2n) is 4.44. The van der Waals surface area contributed by atoms with Crippen LogP contribution >= 0.6 is 0 Å². The van der Waals surface area contributed by atoms with Crippen molar-refractivity contribution < 1.29 is 9.21 Å². The molecule has 0 aromatic carbocycles. The zero-order valence-electron chi connectivity index (χ0n) is 12.8. The molecule has 0 saturated heterocycles. The summed E-state index contributed by atoms with van der Waals surface area (Å²) in [6.07, 6.45) is 9.10. The van der Waals surface area contributed by atoms with Gasteiger partial charge >= 0.3 is 0 Å². The minimum Gasteiger partial charge on any atom is -0.473 e. The fourth-order valence-corrected chi connectivity index (χ4v) is 1.77. The van der Waals surface area contributed by atoms with E-state index in [1.807, 2.05) is 0 Å². The van der Waals surface area contributed by atoms with Gasteiger partial charge in [0.15, 0.2) is 0 Å². The van der Waals surface area contributed by atoms with E-state index in [2.05, 4.69) is 15.0 Å². The maximum Gasteiger partial charge on any atom is 0.250 e. The van der Waals surface area contributed by atoms with Gasteiger partial charge in [-0.3, -0.25) is 9.78 Å². The van der Waals surface area contributed by atoms with Crippen molar-refractivity contribution in [2.75, 3.05) is 0 Å². The lowest BCUT2D eigenvalue weighted by Crippen LogP contribution is -2.10. The Bertz CT molecular complexity index is 832. The van der Waals surface area contributed by atoms with Crippen molar-refractivity contribution in [2.24, 2.45) is 5.73 Å². The Morgan fingerprint density at radius 2 is 1.67 bits per heavy atom. The highest BCUT2D eigenvalue weighted by Crippen LogP contribution is 2.22. The molecule has 1 aliphatic heterocycles. The predicted octanol–water partition coefficient (Wildman–Crippen LogP) is 3.04. The van der Waals surface area contributed by atoms with Crippen LogP contribution in [-0.4, -0.2) is 20.9 Å². The Morgan fingerprint density at radius 1 is 0.875 bits per heavy atom. The summed E-state index contributed by atoms with van der Waals surface area (Å²) < 4.78 is 5.19. The van der Waals surface area contributed by atoms with Crippen LogP contribution in [0, 0.1) is 0 Å². The topological polar surface area (TPSA) is 94.9 Å². The molecular weight excluding hydrogens is 304 g/mol. The lowest BCUT2D eigenvalue weighted by molar-refractivity contribution is 0.100. The van der Waals surface area contributed by atoms with E-state index < -0.39 is 5.91 Å². The van der Waals surface area contributed by atoms with Gasteiger partial charge in [0.25, 0.3) is 5.91 Å². The van der Waals surface area contributed by atoms with Crippen molar-refractivity contribution in [3.8, 4) is 11.3 Å². The largest absolute Gasteiger partial charge is 0.473 e. The monoisotopic (exact) mass is 320 g/mol. The molecule has 6 heteroatoms. The van der Waals surface area contributed by atoms with Crippen LogP contribution in [0.5, 0.6) is 0 Å². The minimum absolute atomic E-state index is 0.354. The Labute approximate surface area is 139 Å². The molecule has 0 fully saturated rings. The quantitative estimate of drug-likeness (QED) is 0.871. The average molecular weight is 320 g/mol. The van der Waals surface area contributed by atoms with Gasteiger partial charge in [-0.2, -0.15) is 0 Å². The van der Waals surface area contributed by atoms with Gasteiger partial charge in [-0.1, -0.05) is 12.1 Å². The summed E-state index contributed by atoms with van der Waals surface area (Å²) in [5.41, 5.74) is 6.98. The first-order chi connectivity index (χ1) is 11.8. The van der Waals surface area contributed by atoms with Gasteiger partial charge in [-0.05, 0) is 36.4 Å². The van der Waals surface area contributed by atoms with Gasteiger partial charge in [-0.15, -0.1) is 0 Å². The zero-order chi connectivity index (χ0) is 17.0. The molecular formula is C18H16N4O2. The third kappa shape index (κ3) is 5.34. The molecule has 1 heterocycles. The van der Waals surface area contributed by atoms with E-state index in [1.165, 1.54) is 31.2 Å². The van der Waals surface area contributed by atoms with Crippen LogP contribution < -0.4 is 5.73 Å². The van der Waals surface area contributed by atoms with Gasteiger partial charge < -0.3 is 10.2 Å². The lowest BCUT2D eigenvalue weighted by Gasteiger charge is -1.94. The third-order valence-electron chi connectivity index (χ3n) is 2.80. The maximum absolute atomic E-state index is 11.5. The molecule has 0 bridgehead atoms. The zero-order valence-corrected chi connectivity index (χ0v) is 12.8. The molecule has 2 aliphatic rings. The second-order valence-corrected chi connectivity index (χ2v) is 4.44. The molecule has 0 radical (unpaired) electrons. The van der Waals surface area contributed by atoms with Crippen LogP contribution in [0.3, 0.4) is 0 Å². The van der Waals surface area contributed by atoms with Crippen molar-refractivity contribution in [3.05, 3.63) is 91.5 Å². The number of nitrogens with two attached hydrogens (primary N) is 1. The van der Waals surface area contributed by atoms with E-state index >= 15 is 0 Å². The lowest BCUT2D eigenvalue weighted by atomic mass is 10.2. The van der Waals surface area contributed by atoms with Crippen LogP contribution in [0.4, 0.5) is 0 Å². The summed E-state index contributed by atoms with van der Waals surface area (Å²) >= 11 is 0. The van der Waals surface area contributed by atoms with E-state index in [0.29, 0.717) is 11.3 Å². The number of amides is 1. The van der Waals surface area contributed by atoms with Crippen molar-refractivity contribution in [3.63, 3.8) is 0 Å². The van der Waals surface area contributed by atoms with Gasteiger partial charge in [0.05, 0.1) is 23.8 Å². The van der Waals surface area contributed by atoms with Crippen molar-refractivity contribution in [1.82, 2.24) is 15.0 Å². The molecule has 1 amide bonds. The van der Waals surface area contributed by atoms with Gasteiger partial charge in [0.1, 0.15) is 6.33 Å². The van der Waals surface area contributed by atoms with Crippen LogP contribution in [0.25, 0.3) is 11.3 Å². The first kappa shape index (κ1) is 16.8. The summed E-state index contributed by atoms with van der Waals surface area (Å²) in [4.78, 5) is 23.7. The predicted molar refractivity (Wildman–Crippen MR) is 90.1 cm³/mol. The number of carbonyl (C=O) groups is 1. The molecule has 0 saturated carbocycles. The molecule has 0 aromatic heterocycles. The summed E-state index contributed by atoms with van der Waals surface area (Å²) in [5, 5.41) is 0. The fourth-order valence-electron chi connectivity index (χ4n) is 1.77. The van der Waals surface area contributed by atoms with E-state index in [-0.39, 0.29) is 0 Å². The van der Waals surface area contributed by atoms with Gasteiger partial charge in [0, 0.05) is 24.2 Å². The number of primary amides is 1. The molecule has 0 aromatic rings. The minimum atomic E-state index is -0.532. The second kappa shape index (κ2) is 9.47. The number of hydrogen-bond donors (Lipinski definition) is 1. The van der Waals surface area contributed by atoms with Gasteiger partial charge in [0.2, 0.25) is 0 Å². The molecule has 0 unspecified atom stereocenters. The highest BCUT2D eigenvalue weighted by atomic mass is 16.3. The van der Waals surface area contributed by atoms with Crippen LogP contribution in [0.1, 0.15) is 10.4 Å². The molecule has 1 aliphatic carbocycles. The van der Waals surface area contributed by atoms with Crippen molar-refractivity contribution >= 4 is 5.91 Å². The molecule has 0 spiro atoms. The maximum atomic E-state index is 11.5. The Morgan fingerprint density at radius 3 is 2.50 bits per heavy atom.